The molecule has 1 aliphatic heterocycles. The van der Waals surface area contributed by atoms with Crippen LogP contribution in [-0.2, 0) is 4.74 Å². The number of para-hydroxylation sites is 1. The SMILES string of the molecule is C=CCOC(=O)c1sc(N2C(=O)c3oc4ccccc4c(=O)c3C2c2ccc(OCCCCCC)cc2)nc1C. The third kappa shape index (κ3) is 5.16. The van der Waals surface area contributed by atoms with Crippen LogP contribution < -0.4 is 15.1 Å². The van der Waals surface area contributed by atoms with Gasteiger partial charge < -0.3 is 13.9 Å². The summed E-state index contributed by atoms with van der Waals surface area (Å²) in [5, 5.41) is 0.654. The van der Waals surface area contributed by atoms with Crippen molar-refractivity contribution >= 4 is 39.3 Å². The van der Waals surface area contributed by atoms with Crippen LogP contribution >= 0.6 is 11.3 Å². The van der Waals surface area contributed by atoms with Gasteiger partial charge in [-0.1, -0.05) is 74.4 Å². The number of ether oxygens (including phenoxy) is 2. The molecule has 4 aromatic rings. The molecule has 0 N–H and O–H groups in total. The maximum absolute atomic E-state index is 13.8. The Hall–Kier alpha value is -4.24. The van der Waals surface area contributed by atoms with Crippen LogP contribution in [0.3, 0.4) is 0 Å². The van der Waals surface area contributed by atoms with Crippen molar-refractivity contribution in [3.63, 3.8) is 0 Å². The van der Waals surface area contributed by atoms with Crippen molar-refractivity contribution in [2.45, 2.75) is 45.6 Å². The van der Waals surface area contributed by atoms with E-state index in [4.69, 9.17) is 13.9 Å². The number of unbranched alkanes of at least 4 members (excludes halogenated alkanes) is 3. The van der Waals surface area contributed by atoms with Crippen molar-refractivity contribution in [2.75, 3.05) is 18.1 Å². The topological polar surface area (TPSA) is 98.9 Å². The Morgan fingerprint density at radius 2 is 1.90 bits per heavy atom. The fourth-order valence-electron chi connectivity index (χ4n) is 4.77. The largest absolute Gasteiger partial charge is 0.494 e. The van der Waals surface area contributed by atoms with Gasteiger partial charge in [0.1, 0.15) is 22.8 Å². The van der Waals surface area contributed by atoms with E-state index in [-0.39, 0.29) is 33.4 Å². The molecule has 0 fully saturated rings. The molecule has 1 aliphatic rings. The predicted molar refractivity (Wildman–Crippen MR) is 155 cm³/mol. The Balaban J connectivity index is 1.56. The number of fused-ring (bicyclic) bond motifs is 2. The lowest BCUT2D eigenvalue weighted by Crippen LogP contribution is -2.29. The summed E-state index contributed by atoms with van der Waals surface area (Å²) in [5.41, 5.74) is 1.40. The molecular formula is C31H30N2O6S. The van der Waals surface area contributed by atoms with Gasteiger partial charge in [0.05, 0.1) is 29.3 Å². The van der Waals surface area contributed by atoms with Gasteiger partial charge in [-0.05, 0) is 43.2 Å². The first kappa shape index (κ1) is 27.3. The third-order valence-electron chi connectivity index (χ3n) is 6.75. The quantitative estimate of drug-likeness (QED) is 0.116. The molecule has 1 amide bonds. The average Bonchev–Trinajstić information content (AvgIpc) is 3.49. The van der Waals surface area contributed by atoms with E-state index < -0.39 is 17.9 Å². The monoisotopic (exact) mass is 558 g/mol. The van der Waals surface area contributed by atoms with E-state index in [1.165, 1.54) is 17.4 Å². The second kappa shape index (κ2) is 11.9. The van der Waals surface area contributed by atoms with E-state index in [1.54, 1.807) is 31.2 Å². The minimum absolute atomic E-state index is 0.0337. The van der Waals surface area contributed by atoms with Gasteiger partial charge in [-0.15, -0.1) is 0 Å². The van der Waals surface area contributed by atoms with Crippen LogP contribution in [0.1, 0.15) is 75.7 Å². The van der Waals surface area contributed by atoms with E-state index in [2.05, 4.69) is 18.5 Å². The molecular weight excluding hydrogens is 528 g/mol. The van der Waals surface area contributed by atoms with Crippen molar-refractivity contribution in [2.24, 2.45) is 0 Å². The summed E-state index contributed by atoms with van der Waals surface area (Å²) in [6.07, 6.45) is 5.90. The summed E-state index contributed by atoms with van der Waals surface area (Å²) in [7, 11) is 0. The molecule has 0 bridgehead atoms. The molecule has 0 saturated carbocycles. The minimum atomic E-state index is -0.801. The number of amides is 1. The smallest absolute Gasteiger partial charge is 0.350 e. The van der Waals surface area contributed by atoms with E-state index in [9.17, 15) is 14.4 Å². The lowest BCUT2D eigenvalue weighted by Gasteiger charge is -2.22. The van der Waals surface area contributed by atoms with Gasteiger partial charge in [0.2, 0.25) is 5.76 Å². The van der Waals surface area contributed by atoms with Crippen LogP contribution in [-0.4, -0.2) is 30.1 Å². The normalized spacial score (nSPS) is 14.4. The molecule has 8 nitrogen and oxygen atoms in total. The zero-order chi connectivity index (χ0) is 28.2. The molecule has 0 saturated heterocycles. The van der Waals surface area contributed by atoms with Gasteiger partial charge in [0, 0.05) is 0 Å². The molecule has 0 aliphatic carbocycles. The van der Waals surface area contributed by atoms with E-state index in [0.29, 0.717) is 34.6 Å². The minimum Gasteiger partial charge on any atom is -0.494 e. The zero-order valence-corrected chi connectivity index (χ0v) is 23.3. The number of rotatable bonds is 11. The van der Waals surface area contributed by atoms with E-state index in [0.717, 1.165) is 30.6 Å². The first-order valence-electron chi connectivity index (χ1n) is 13.3. The molecule has 2 aromatic heterocycles. The predicted octanol–water partition coefficient (Wildman–Crippen LogP) is 6.61. The molecule has 9 heteroatoms. The highest BCUT2D eigenvalue weighted by Crippen LogP contribution is 2.43. The van der Waals surface area contributed by atoms with Crippen molar-refractivity contribution in [1.82, 2.24) is 4.98 Å². The van der Waals surface area contributed by atoms with E-state index >= 15 is 0 Å². The fourth-order valence-corrected chi connectivity index (χ4v) is 5.76. The van der Waals surface area contributed by atoms with Crippen LogP contribution in [0.2, 0.25) is 0 Å². The maximum Gasteiger partial charge on any atom is 0.350 e. The number of hydrogen-bond acceptors (Lipinski definition) is 8. The lowest BCUT2D eigenvalue weighted by molar-refractivity contribution is 0.0554. The van der Waals surface area contributed by atoms with Crippen molar-refractivity contribution in [3.8, 4) is 5.75 Å². The molecule has 5 rings (SSSR count). The standard InChI is InChI=1S/C31H30N2O6S/c1-4-6-7-10-18-37-21-15-13-20(14-16-21)25-24-26(34)22-11-8-9-12-23(22)39-27(24)29(35)33(25)31-32-19(3)28(40-31)30(36)38-17-5-2/h5,8-9,11-16,25H,2,4,6-7,10,17-18H2,1,3H3. The first-order valence-corrected chi connectivity index (χ1v) is 14.1. The summed E-state index contributed by atoms with van der Waals surface area (Å²) < 4.78 is 17.1. The first-order chi connectivity index (χ1) is 19.4. The highest BCUT2D eigenvalue weighted by Gasteiger charge is 2.45. The van der Waals surface area contributed by atoms with Gasteiger partial charge in [0.25, 0.3) is 5.91 Å². The Morgan fingerprint density at radius 1 is 1.12 bits per heavy atom. The van der Waals surface area contributed by atoms with Crippen molar-refractivity contribution < 1.29 is 23.5 Å². The number of thiazole rings is 1. The van der Waals surface area contributed by atoms with Gasteiger partial charge >= 0.3 is 5.97 Å². The maximum atomic E-state index is 13.8. The number of aryl methyl sites for hydroxylation is 1. The summed E-state index contributed by atoms with van der Waals surface area (Å²) in [6, 6.07) is 13.4. The highest BCUT2D eigenvalue weighted by atomic mass is 32.1. The van der Waals surface area contributed by atoms with Gasteiger partial charge in [0.15, 0.2) is 10.6 Å². The number of anilines is 1. The van der Waals surface area contributed by atoms with Gasteiger partial charge in [-0.25, -0.2) is 9.78 Å². The average molecular weight is 559 g/mol. The molecule has 40 heavy (non-hydrogen) atoms. The molecule has 2 aromatic carbocycles. The Morgan fingerprint density at radius 3 is 2.65 bits per heavy atom. The van der Waals surface area contributed by atoms with Crippen LogP contribution in [0.15, 0.2) is 70.4 Å². The summed E-state index contributed by atoms with van der Waals surface area (Å²) in [4.78, 5) is 46.5. The zero-order valence-electron chi connectivity index (χ0n) is 22.5. The second-order valence-corrected chi connectivity index (χ2v) is 10.5. The molecule has 0 spiro atoms. The Bertz CT molecular complexity index is 1620. The molecule has 3 heterocycles. The van der Waals surface area contributed by atoms with Crippen molar-refractivity contribution in [1.29, 1.82) is 0 Å². The second-order valence-electron chi connectivity index (χ2n) is 9.52. The van der Waals surface area contributed by atoms with E-state index in [1.807, 2.05) is 24.3 Å². The molecule has 1 atom stereocenters. The number of aromatic nitrogens is 1. The highest BCUT2D eigenvalue weighted by molar-refractivity contribution is 7.17. The number of esters is 1. The number of carbonyl (C=O) groups excluding carboxylic acids is 2. The van der Waals surface area contributed by atoms with Gasteiger partial charge in [-0.2, -0.15) is 0 Å². The van der Waals surface area contributed by atoms with Crippen molar-refractivity contribution in [3.05, 3.63) is 98.9 Å². The molecule has 0 radical (unpaired) electrons. The Labute approximate surface area is 235 Å². The number of carbonyl (C=O) groups is 2. The molecule has 206 valence electrons. The van der Waals surface area contributed by atoms with Crippen LogP contribution in [0, 0.1) is 6.92 Å². The fraction of sp³-hybridized carbons (Fsp3) is 0.290. The number of benzene rings is 2. The van der Waals surface area contributed by atoms with Crippen LogP contribution in [0.25, 0.3) is 11.0 Å². The Kier molecular flexibility index (Phi) is 8.11. The van der Waals surface area contributed by atoms with Crippen LogP contribution in [0.5, 0.6) is 5.75 Å². The summed E-state index contributed by atoms with van der Waals surface area (Å²) in [6.45, 7) is 8.09. The van der Waals surface area contributed by atoms with Gasteiger partial charge in [-0.3, -0.25) is 14.5 Å². The summed E-state index contributed by atoms with van der Waals surface area (Å²) in [5.74, 6) is -0.381. The number of hydrogen-bond donors (Lipinski definition) is 0. The third-order valence-corrected chi connectivity index (χ3v) is 7.89. The molecule has 1 unspecified atom stereocenters. The number of nitrogens with zero attached hydrogens (tertiary/aromatic N) is 2. The van der Waals surface area contributed by atoms with Crippen LogP contribution in [0.4, 0.5) is 5.13 Å². The lowest BCUT2D eigenvalue weighted by atomic mass is 9.98. The summed E-state index contributed by atoms with van der Waals surface area (Å²) >= 11 is 1.04.